The Hall–Kier alpha value is -0.850. The minimum absolute atomic E-state index is 0.0954. The largest absolute Gasteiger partial charge is 0.396 e. The number of nitrogens with two attached hydrogens (primary N) is 1. The lowest BCUT2D eigenvalue weighted by Gasteiger charge is -2.23. The smallest absolute Gasteiger partial charge is 0.246 e. The second-order valence-electron chi connectivity index (χ2n) is 4.66. The molecule has 0 aliphatic rings. The van der Waals surface area contributed by atoms with E-state index in [0.29, 0.717) is 6.54 Å². The van der Waals surface area contributed by atoms with E-state index in [2.05, 4.69) is 0 Å². The van der Waals surface area contributed by atoms with Crippen LogP contribution in [0.2, 0.25) is 5.02 Å². The minimum atomic E-state index is -3.93. The normalized spacial score (nSPS) is 12.4. The highest BCUT2D eigenvalue weighted by Gasteiger charge is 2.28. The Kier molecular flexibility index (Phi) is 5.18. The molecule has 1 aromatic rings. The molecular weight excluding hydrogens is 291 g/mol. The first-order valence-corrected chi connectivity index (χ1v) is 7.76. The molecule has 1 aromatic carbocycles. The highest BCUT2D eigenvalue weighted by molar-refractivity contribution is 7.89. The summed E-state index contributed by atoms with van der Waals surface area (Å²) in [4.78, 5) is -0.472. The van der Waals surface area contributed by atoms with Gasteiger partial charge in [0.05, 0.1) is 5.69 Å². The average Bonchev–Trinajstić information content (AvgIpc) is 2.30. The van der Waals surface area contributed by atoms with Gasteiger partial charge < -0.3 is 5.73 Å². The van der Waals surface area contributed by atoms with Crippen LogP contribution in [0.5, 0.6) is 0 Å². The molecule has 4 nitrogen and oxygen atoms in total. The van der Waals surface area contributed by atoms with Crippen molar-refractivity contribution in [3.8, 4) is 0 Å². The maximum Gasteiger partial charge on any atom is 0.246 e. The van der Waals surface area contributed by atoms with Crippen molar-refractivity contribution in [2.24, 2.45) is 5.92 Å². The zero-order valence-electron chi connectivity index (χ0n) is 11.2. The molecule has 0 saturated heterocycles. The van der Waals surface area contributed by atoms with Crippen LogP contribution in [0.25, 0.3) is 0 Å². The van der Waals surface area contributed by atoms with Crippen molar-refractivity contribution in [2.75, 3.05) is 18.8 Å². The lowest BCUT2D eigenvalue weighted by atomic mass is 10.2. The molecule has 2 N–H and O–H groups in total. The first-order valence-electron chi connectivity index (χ1n) is 5.94. The fourth-order valence-corrected chi connectivity index (χ4v) is 3.74. The topological polar surface area (TPSA) is 63.4 Å². The fourth-order valence-electron chi connectivity index (χ4n) is 1.72. The van der Waals surface area contributed by atoms with E-state index in [1.54, 1.807) is 6.92 Å². The van der Waals surface area contributed by atoms with Crippen molar-refractivity contribution in [1.29, 1.82) is 0 Å². The van der Waals surface area contributed by atoms with E-state index >= 15 is 0 Å². The highest BCUT2D eigenvalue weighted by atomic mass is 35.5. The molecular formula is C12H18ClFN2O2S. The molecule has 19 heavy (non-hydrogen) atoms. The van der Waals surface area contributed by atoms with Crippen molar-refractivity contribution in [3.63, 3.8) is 0 Å². The fraction of sp³-hybridized carbons (Fsp3) is 0.500. The van der Waals surface area contributed by atoms with Crippen molar-refractivity contribution >= 4 is 27.3 Å². The Morgan fingerprint density at radius 3 is 2.47 bits per heavy atom. The second-order valence-corrected chi connectivity index (χ2v) is 7.00. The predicted molar refractivity (Wildman–Crippen MR) is 75.1 cm³/mol. The Morgan fingerprint density at radius 1 is 1.42 bits per heavy atom. The van der Waals surface area contributed by atoms with Gasteiger partial charge in [-0.15, -0.1) is 0 Å². The summed E-state index contributed by atoms with van der Waals surface area (Å²) in [6, 6.07) is 2.28. The second kappa shape index (κ2) is 6.07. The van der Waals surface area contributed by atoms with Gasteiger partial charge in [0, 0.05) is 18.1 Å². The summed E-state index contributed by atoms with van der Waals surface area (Å²) in [6.45, 7) is 6.05. The van der Waals surface area contributed by atoms with Crippen molar-refractivity contribution in [3.05, 3.63) is 23.0 Å². The number of hydrogen-bond donors (Lipinski definition) is 1. The molecule has 108 valence electrons. The number of halogens is 2. The molecule has 0 aliphatic heterocycles. The van der Waals surface area contributed by atoms with Crippen LogP contribution in [0.4, 0.5) is 10.1 Å². The average molecular weight is 309 g/mol. The lowest BCUT2D eigenvalue weighted by molar-refractivity contribution is 0.378. The quantitative estimate of drug-likeness (QED) is 0.851. The summed E-state index contributed by atoms with van der Waals surface area (Å²) in [7, 11) is -3.93. The van der Waals surface area contributed by atoms with Crippen LogP contribution in [-0.2, 0) is 10.0 Å². The van der Waals surface area contributed by atoms with Crippen LogP contribution < -0.4 is 5.73 Å². The van der Waals surface area contributed by atoms with E-state index in [9.17, 15) is 12.8 Å². The molecule has 0 saturated carbocycles. The summed E-state index contributed by atoms with van der Waals surface area (Å²) < 4.78 is 39.9. The Bertz CT molecular complexity index is 561. The Labute approximate surface area is 118 Å². The standard InChI is InChI=1S/C12H18ClFN2O2S/c1-4-16(7-8(2)3)19(17,18)11-6-9(13)5-10(15)12(11)14/h5-6,8H,4,7,15H2,1-3H3. The van der Waals surface area contributed by atoms with Gasteiger partial charge >= 0.3 is 0 Å². The third-order valence-electron chi connectivity index (χ3n) is 2.57. The number of anilines is 1. The van der Waals surface area contributed by atoms with Gasteiger partial charge in [-0.2, -0.15) is 4.31 Å². The maximum absolute atomic E-state index is 13.9. The van der Waals surface area contributed by atoms with Crippen molar-refractivity contribution in [2.45, 2.75) is 25.7 Å². The Morgan fingerprint density at radius 2 is 2.00 bits per heavy atom. The molecule has 1 rings (SSSR count). The molecule has 0 aliphatic carbocycles. The molecule has 0 amide bonds. The molecule has 0 fully saturated rings. The summed E-state index contributed by atoms with van der Waals surface area (Å²) >= 11 is 5.75. The van der Waals surface area contributed by atoms with Gasteiger partial charge in [-0.25, -0.2) is 12.8 Å². The lowest BCUT2D eigenvalue weighted by Crippen LogP contribution is -2.34. The minimum Gasteiger partial charge on any atom is -0.396 e. The summed E-state index contributed by atoms with van der Waals surface area (Å²) in [5, 5.41) is 0.0954. The monoisotopic (exact) mass is 308 g/mol. The number of hydrogen-bond acceptors (Lipinski definition) is 3. The maximum atomic E-state index is 13.9. The predicted octanol–water partition coefficient (Wildman–Crippen LogP) is 2.73. The van der Waals surface area contributed by atoms with Crippen LogP contribution in [0.3, 0.4) is 0 Å². The van der Waals surface area contributed by atoms with E-state index in [0.717, 1.165) is 6.07 Å². The molecule has 0 heterocycles. The summed E-state index contributed by atoms with van der Waals surface area (Å²) in [5.41, 5.74) is 5.15. The van der Waals surface area contributed by atoms with Crippen molar-refractivity contribution in [1.82, 2.24) is 4.31 Å². The van der Waals surface area contributed by atoms with Gasteiger partial charge in [-0.3, -0.25) is 0 Å². The molecule has 0 spiro atoms. The number of benzene rings is 1. The van der Waals surface area contributed by atoms with E-state index in [1.807, 2.05) is 13.8 Å². The van der Waals surface area contributed by atoms with Crippen LogP contribution in [0.15, 0.2) is 17.0 Å². The van der Waals surface area contributed by atoms with Gasteiger partial charge in [0.15, 0.2) is 5.82 Å². The number of nitrogens with zero attached hydrogens (tertiary/aromatic N) is 1. The first-order chi connectivity index (χ1) is 8.70. The molecule has 0 unspecified atom stereocenters. The SMILES string of the molecule is CCN(CC(C)C)S(=O)(=O)c1cc(Cl)cc(N)c1F. The van der Waals surface area contributed by atoms with Gasteiger partial charge in [-0.05, 0) is 18.1 Å². The van der Waals surface area contributed by atoms with E-state index in [-0.39, 0.29) is 23.2 Å². The number of nitrogen functional groups attached to an aromatic ring is 1. The molecule has 0 aromatic heterocycles. The van der Waals surface area contributed by atoms with Crippen LogP contribution >= 0.6 is 11.6 Å². The van der Waals surface area contributed by atoms with E-state index in [4.69, 9.17) is 17.3 Å². The molecule has 7 heteroatoms. The van der Waals surface area contributed by atoms with Gasteiger partial charge in [0.1, 0.15) is 4.90 Å². The van der Waals surface area contributed by atoms with Crippen LogP contribution in [-0.4, -0.2) is 25.8 Å². The van der Waals surface area contributed by atoms with Gasteiger partial charge in [0.2, 0.25) is 10.0 Å². The first kappa shape index (κ1) is 16.2. The summed E-state index contributed by atoms with van der Waals surface area (Å²) in [6.07, 6.45) is 0. The summed E-state index contributed by atoms with van der Waals surface area (Å²) in [5.74, 6) is -0.819. The van der Waals surface area contributed by atoms with Crippen LogP contribution in [0, 0.1) is 11.7 Å². The van der Waals surface area contributed by atoms with E-state index < -0.39 is 20.7 Å². The molecule has 0 bridgehead atoms. The third kappa shape index (κ3) is 3.58. The zero-order chi connectivity index (χ0) is 14.8. The van der Waals surface area contributed by atoms with Gasteiger partial charge in [0.25, 0.3) is 0 Å². The number of sulfonamides is 1. The van der Waals surface area contributed by atoms with Crippen molar-refractivity contribution < 1.29 is 12.8 Å². The molecule has 0 atom stereocenters. The Balaban J connectivity index is 3.33. The van der Waals surface area contributed by atoms with Crippen LogP contribution in [0.1, 0.15) is 20.8 Å². The van der Waals surface area contributed by atoms with Gasteiger partial charge in [-0.1, -0.05) is 32.4 Å². The third-order valence-corrected chi connectivity index (χ3v) is 4.73. The van der Waals surface area contributed by atoms with E-state index in [1.165, 1.54) is 10.4 Å². The highest BCUT2D eigenvalue weighted by Crippen LogP contribution is 2.27. The zero-order valence-corrected chi connectivity index (χ0v) is 12.7. The number of rotatable bonds is 5. The molecule has 0 radical (unpaired) electrons.